The van der Waals surface area contributed by atoms with E-state index in [9.17, 15) is 0 Å². The number of aliphatic imine (C=N–C) groups is 1. The van der Waals surface area contributed by atoms with Gasteiger partial charge in [0.15, 0.2) is 5.96 Å². The summed E-state index contributed by atoms with van der Waals surface area (Å²) in [6.07, 6.45) is 1.91. The lowest BCUT2D eigenvalue weighted by atomic mass is 10.1. The molecule has 0 bridgehead atoms. The highest BCUT2D eigenvalue weighted by Crippen LogP contribution is 2.22. The molecule has 5 nitrogen and oxygen atoms in total. The molecule has 144 valence electrons. The Labute approximate surface area is 165 Å². The van der Waals surface area contributed by atoms with Gasteiger partial charge in [0.2, 0.25) is 0 Å². The summed E-state index contributed by atoms with van der Waals surface area (Å²) in [6, 6.07) is 8.49. The van der Waals surface area contributed by atoms with Crippen LogP contribution in [0.5, 0.6) is 0 Å². The average Bonchev–Trinajstić information content (AvgIpc) is 3.13. The standard InChI is InChI=1S/C21H29N5S/c1-5-22-21(24-13-11-20-15(3)25-16(4)27-20)23-12-10-17-14(2)26-19-9-7-6-8-18(17)19/h6-9,26H,5,10-13H2,1-4H3,(H2,22,23,24). The number of benzene rings is 1. The summed E-state index contributed by atoms with van der Waals surface area (Å²) in [5.74, 6) is 0.883. The molecular weight excluding hydrogens is 354 g/mol. The Morgan fingerprint density at radius 3 is 2.70 bits per heavy atom. The molecule has 0 fully saturated rings. The third kappa shape index (κ3) is 4.89. The number of rotatable bonds is 7. The van der Waals surface area contributed by atoms with E-state index in [0.717, 1.165) is 49.1 Å². The molecule has 0 atom stereocenters. The number of thiazole rings is 1. The van der Waals surface area contributed by atoms with Crippen LogP contribution in [0.3, 0.4) is 0 Å². The van der Waals surface area contributed by atoms with Crippen molar-refractivity contribution >= 4 is 28.2 Å². The van der Waals surface area contributed by atoms with E-state index in [1.165, 1.54) is 27.0 Å². The first kappa shape index (κ1) is 19.4. The number of H-pyrrole nitrogens is 1. The molecule has 0 radical (unpaired) electrons. The normalized spacial score (nSPS) is 11.9. The van der Waals surface area contributed by atoms with Crippen molar-refractivity contribution in [3.8, 4) is 0 Å². The van der Waals surface area contributed by atoms with E-state index in [-0.39, 0.29) is 0 Å². The second-order valence-electron chi connectivity index (χ2n) is 6.70. The lowest BCUT2D eigenvalue weighted by Crippen LogP contribution is -2.38. The topological polar surface area (TPSA) is 65.1 Å². The molecular formula is C21H29N5S. The van der Waals surface area contributed by atoms with Crippen LogP contribution in [-0.4, -0.2) is 35.6 Å². The number of hydrogen-bond donors (Lipinski definition) is 3. The molecule has 6 heteroatoms. The van der Waals surface area contributed by atoms with Gasteiger partial charge in [0, 0.05) is 47.5 Å². The summed E-state index contributed by atoms with van der Waals surface area (Å²) in [6.45, 7) is 10.9. The number of aromatic nitrogens is 2. The molecule has 0 unspecified atom stereocenters. The summed E-state index contributed by atoms with van der Waals surface area (Å²) in [5, 5.41) is 9.25. The number of nitrogens with one attached hydrogen (secondary N) is 3. The largest absolute Gasteiger partial charge is 0.358 e. The maximum atomic E-state index is 4.73. The highest BCUT2D eigenvalue weighted by Gasteiger charge is 2.08. The van der Waals surface area contributed by atoms with Crippen LogP contribution in [0.1, 0.15) is 33.8 Å². The highest BCUT2D eigenvalue weighted by molar-refractivity contribution is 7.11. The molecule has 0 saturated carbocycles. The fourth-order valence-corrected chi connectivity index (χ4v) is 4.31. The van der Waals surface area contributed by atoms with Crippen LogP contribution in [0.2, 0.25) is 0 Å². The number of guanidine groups is 1. The van der Waals surface area contributed by atoms with Gasteiger partial charge < -0.3 is 15.6 Å². The Morgan fingerprint density at radius 1 is 1.15 bits per heavy atom. The molecule has 0 saturated heterocycles. The fraction of sp³-hybridized carbons (Fsp3) is 0.429. The number of para-hydroxylation sites is 1. The molecule has 3 aromatic rings. The van der Waals surface area contributed by atoms with E-state index in [1.807, 2.05) is 0 Å². The molecule has 0 aliphatic carbocycles. The molecule has 3 N–H and O–H groups in total. The molecule has 0 spiro atoms. The first-order valence-electron chi connectivity index (χ1n) is 9.59. The zero-order valence-electron chi connectivity index (χ0n) is 16.6. The Balaban J connectivity index is 1.57. The number of fused-ring (bicyclic) bond motifs is 1. The average molecular weight is 384 g/mol. The zero-order valence-corrected chi connectivity index (χ0v) is 17.5. The van der Waals surface area contributed by atoms with Crippen LogP contribution in [0.15, 0.2) is 29.3 Å². The summed E-state index contributed by atoms with van der Waals surface area (Å²) in [5.41, 5.74) is 4.97. The zero-order chi connectivity index (χ0) is 19.2. The molecule has 0 aliphatic heterocycles. The summed E-state index contributed by atoms with van der Waals surface area (Å²) < 4.78 is 0. The van der Waals surface area contributed by atoms with Crippen molar-refractivity contribution in [3.63, 3.8) is 0 Å². The van der Waals surface area contributed by atoms with Crippen molar-refractivity contribution in [2.24, 2.45) is 4.99 Å². The highest BCUT2D eigenvalue weighted by atomic mass is 32.1. The predicted molar refractivity (Wildman–Crippen MR) is 116 cm³/mol. The number of aryl methyl sites for hydroxylation is 3. The van der Waals surface area contributed by atoms with E-state index in [1.54, 1.807) is 11.3 Å². The van der Waals surface area contributed by atoms with Crippen LogP contribution >= 0.6 is 11.3 Å². The molecule has 1 aromatic carbocycles. The lowest BCUT2D eigenvalue weighted by Gasteiger charge is -2.11. The Bertz CT molecular complexity index is 922. The minimum absolute atomic E-state index is 0.768. The molecule has 3 rings (SSSR count). The predicted octanol–water partition coefficient (Wildman–Crippen LogP) is 3.89. The first-order valence-corrected chi connectivity index (χ1v) is 10.4. The fourth-order valence-electron chi connectivity index (χ4n) is 3.38. The second-order valence-corrected chi connectivity index (χ2v) is 7.99. The summed E-state index contributed by atoms with van der Waals surface area (Å²) in [4.78, 5) is 14.0. The van der Waals surface area contributed by atoms with Crippen molar-refractivity contribution in [3.05, 3.63) is 51.1 Å². The van der Waals surface area contributed by atoms with Crippen molar-refractivity contribution in [1.82, 2.24) is 20.6 Å². The van der Waals surface area contributed by atoms with Crippen LogP contribution in [0.4, 0.5) is 0 Å². The van der Waals surface area contributed by atoms with Gasteiger partial charge in [-0.2, -0.15) is 0 Å². The van der Waals surface area contributed by atoms with Crippen LogP contribution in [-0.2, 0) is 12.8 Å². The molecule has 2 heterocycles. The van der Waals surface area contributed by atoms with Gasteiger partial charge in [-0.05, 0) is 45.7 Å². The molecule has 27 heavy (non-hydrogen) atoms. The van der Waals surface area contributed by atoms with E-state index in [0.29, 0.717) is 0 Å². The number of aromatic amines is 1. The number of hydrogen-bond acceptors (Lipinski definition) is 3. The van der Waals surface area contributed by atoms with Gasteiger partial charge >= 0.3 is 0 Å². The van der Waals surface area contributed by atoms with E-state index in [4.69, 9.17) is 4.99 Å². The monoisotopic (exact) mass is 383 g/mol. The minimum atomic E-state index is 0.768. The van der Waals surface area contributed by atoms with E-state index >= 15 is 0 Å². The SMILES string of the molecule is CCNC(=NCCc1sc(C)nc1C)NCCc1c(C)[nH]c2ccccc12. The van der Waals surface area contributed by atoms with Crippen LogP contribution in [0, 0.1) is 20.8 Å². The Kier molecular flexibility index (Phi) is 6.50. The minimum Gasteiger partial charge on any atom is -0.358 e. The third-order valence-corrected chi connectivity index (χ3v) is 5.78. The maximum absolute atomic E-state index is 4.73. The van der Waals surface area contributed by atoms with Gasteiger partial charge in [-0.15, -0.1) is 11.3 Å². The van der Waals surface area contributed by atoms with Crippen molar-refractivity contribution in [1.29, 1.82) is 0 Å². The van der Waals surface area contributed by atoms with E-state index < -0.39 is 0 Å². The van der Waals surface area contributed by atoms with Crippen molar-refractivity contribution < 1.29 is 0 Å². The first-order chi connectivity index (χ1) is 13.1. The van der Waals surface area contributed by atoms with Crippen LogP contribution in [0.25, 0.3) is 10.9 Å². The molecule has 2 aromatic heterocycles. The Morgan fingerprint density at radius 2 is 1.96 bits per heavy atom. The maximum Gasteiger partial charge on any atom is 0.191 e. The molecule has 0 aliphatic rings. The third-order valence-electron chi connectivity index (χ3n) is 4.65. The van der Waals surface area contributed by atoms with Crippen molar-refractivity contribution in [2.45, 2.75) is 40.5 Å². The van der Waals surface area contributed by atoms with Crippen LogP contribution < -0.4 is 10.6 Å². The molecule has 0 amide bonds. The van der Waals surface area contributed by atoms with E-state index in [2.05, 4.69) is 72.6 Å². The lowest BCUT2D eigenvalue weighted by molar-refractivity contribution is 0.797. The quantitative estimate of drug-likeness (QED) is 0.428. The summed E-state index contributed by atoms with van der Waals surface area (Å²) >= 11 is 1.77. The summed E-state index contributed by atoms with van der Waals surface area (Å²) in [7, 11) is 0. The van der Waals surface area contributed by atoms with Gasteiger partial charge in [0.1, 0.15) is 0 Å². The van der Waals surface area contributed by atoms with Gasteiger partial charge in [-0.1, -0.05) is 18.2 Å². The second kappa shape index (κ2) is 9.04. The Hall–Kier alpha value is -2.34. The van der Waals surface area contributed by atoms with Gasteiger partial charge in [-0.3, -0.25) is 4.99 Å². The van der Waals surface area contributed by atoms with Gasteiger partial charge in [0.25, 0.3) is 0 Å². The smallest absolute Gasteiger partial charge is 0.191 e. The van der Waals surface area contributed by atoms with Gasteiger partial charge in [-0.25, -0.2) is 4.98 Å². The van der Waals surface area contributed by atoms with Crippen molar-refractivity contribution in [2.75, 3.05) is 19.6 Å². The van der Waals surface area contributed by atoms with Gasteiger partial charge in [0.05, 0.1) is 10.7 Å². The number of nitrogens with zero attached hydrogens (tertiary/aromatic N) is 2.